The van der Waals surface area contributed by atoms with Crippen LogP contribution < -0.4 is 0 Å². The molecular formula is C27H44O2S2. The van der Waals surface area contributed by atoms with Crippen molar-refractivity contribution in [1.82, 2.24) is 0 Å². The van der Waals surface area contributed by atoms with E-state index in [1.165, 1.54) is 29.7 Å². The first kappa shape index (κ1) is 29.6. The van der Waals surface area contributed by atoms with Gasteiger partial charge in [-0.25, -0.2) is 10.0 Å². The number of phenolic OH excluding ortho intramolecular Hbond substituents is 1. The number of allylic oxidation sites excluding steroid dienone is 2. The van der Waals surface area contributed by atoms with Crippen molar-refractivity contribution in [2.75, 3.05) is 24.5 Å². The van der Waals surface area contributed by atoms with Gasteiger partial charge in [0.15, 0.2) is 0 Å². The molecule has 4 heteroatoms. The Kier molecular flexibility index (Phi) is 16.5. The minimum atomic E-state index is -0.463. The lowest BCUT2D eigenvalue weighted by molar-refractivity contribution is 0.467. The highest BCUT2D eigenvalue weighted by atomic mass is 32.3. The van der Waals surface area contributed by atoms with Crippen LogP contribution in [0.4, 0.5) is 0 Å². The second kappa shape index (κ2) is 17.2. The van der Waals surface area contributed by atoms with Crippen LogP contribution in [0.15, 0.2) is 66.2 Å². The first-order valence-electron chi connectivity index (χ1n) is 11.0. The molecule has 2 nitrogen and oxygen atoms in total. The molecule has 0 heterocycles. The van der Waals surface area contributed by atoms with E-state index >= 15 is 0 Å². The summed E-state index contributed by atoms with van der Waals surface area (Å²) in [5.41, 5.74) is 3.99. The Morgan fingerprint density at radius 1 is 1.00 bits per heavy atom. The maximum atomic E-state index is 9.66. The summed E-state index contributed by atoms with van der Waals surface area (Å²) in [6.45, 7) is 8.91. The van der Waals surface area contributed by atoms with E-state index in [2.05, 4.69) is 76.6 Å². The number of phenols is 1. The van der Waals surface area contributed by atoms with Crippen molar-refractivity contribution in [3.05, 3.63) is 77.4 Å². The highest BCUT2D eigenvalue weighted by molar-refractivity contribution is 8.33. The maximum Gasteiger partial charge on any atom is 0.118 e. The predicted octanol–water partition coefficient (Wildman–Crippen LogP) is 8.21. The van der Waals surface area contributed by atoms with Gasteiger partial charge >= 0.3 is 0 Å². The summed E-state index contributed by atoms with van der Waals surface area (Å²) in [6, 6.07) is 18.3. The van der Waals surface area contributed by atoms with Crippen LogP contribution in [0.3, 0.4) is 0 Å². The fraction of sp³-hybridized carbons (Fsp3) is 0.481. The fourth-order valence-electron chi connectivity index (χ4n) is 2.72. The number of hydrogen-bond donors (Lipinski definition) is 2. The van der Waals surface area contributed by atoms with E-state index in [1.54, 1.807) is 12.3 Å². The zero-order valence-electron chi connectivity index (χ0n) is 20.6. The van der Waals surface area contributed by atoms with Crippen molar-refractivity contribution in [3.8, 4) is 5.75 Å². The van der Waals surface area contributed by atoms with Gasteiger partial charge in [-0.3, -0.25) is 0 Å². The Labute approximate surface area is 197 Å². The molecule has 0 radical (unpaired) electrons. The first-order valence-corrected chi connectivity index (χ1v) is 14.8. The van der Waals surface area contributed by atoms with E-state index in [9.17, 15) is 5.11 Å². The molecule has 0 aromatic heterocycles. The summed E-state index contributed by atoms with van der Waals surface area (Å²) in [4.78, 5) is 0. The minimum absolute atomic E-state index is 0.444. The van der Waals surface area contributed by atoms with Crippen LogP contribution >= 0.6 is 22.1 Å². The molecule has 0 aliphatic rings. The van der Waals surface area contributed by atoms with Crippen LogP contribution in [0.2, 0.25) is 0 Å². The average molecular weight is 465 g/mol. The molecule has 2 aromatic rings. The van der Waals surface area contributed by atoms with Gasteiger partial charge in [-0.1, -0.05) is 74.0 Å². The van der Waals surface area contributed by atoms with Crippen molar-refractivity contribution in [2.45, 2.75) is 58.6 Å². The Hall–Kier alpha value is -1.36. The van der Waals surface area contributed by atoms with Gasteiger partial charge in [0.25, 0.3) is 0 Å². The quantitative estimate of drug-likeness (QED) is 0.305. The summed E-state index contributed by atoms with van der Waals surface area (Å²) in [5, 5.41) is 10.4. The van der Waals surface area contributed by atoms with Gasteiger partial charge in [0.1, 0.15) is 5.75 Å². The third-order valence-electron chi connectivity index (χ3n) is 5.53. The molecule has 0 bridgehead atoms. The zero-order valence-corrected chi connectivity index (χ0v) is 22.2. The van der Waals surface area contributed by atoms with Crippen molar-refractivity contribution in [2.24, 2.45) is 0 Å². The van der Waals surface area contributed by atoms with Gasteiger partial charge < -0.3 is 9.66 Å². The molecule has 0 spiro atoms. The molecule has 0 fully saturated rings. The Morgan fingerprint density at radius 2 is 1.55 bits per heavy atom. The number of benzene rings is 2. The maximum absolute atomic E-state index is 9.66. The van der Waals surface area contributed by atoms with Gasteiger partial charge in [0.05, 0.1) is 0 Å². The van der Waals surface area contributed by atoms with Gasteiger partial charge in [-0.05, 0) is 92.3 Å². The van der Waals surface area contributed by atoms with Crippen LogP contribution in [0.1, 0.15) is 51.7 Å². The molecular weight excluding hydrogens is 420 g/mol. The third kappa shape index (κ3) is 14.3. The van der Waals surface area contributed by atoms with Crippen LogP contribution in [-0.2, 0) is 12.8 Å². The smallest absolute Gasteiger partial charge is 0.118 e. The number of aromatic hydroxyl groups is 1. The van der Waals surface area contributed by atoms with E-state index in [0.29, 0.717) is 5.75 Å². The second-order valence-corrected chi connectivity index (χ2v) is 13.4. The van der Waals surface area contributed by atoms with E-state index in [1.807, 2.05) is 18.2 Å². The minimum Gasteiger partial charge on any atom is -0.508 e. The molecule has 0 aliphatic heterocycles. The van der Waals surface area contributed by atoms with Gasteiger partial charge in [-0.2, -0.15) is 0 Å². The predicted molar refractivity (Wildman–Crippen MR) is 146 cm³/mol. The van der Waals surface area contributed by atoms with Gasteiger partial charge in [0.2, 0.25) is 0 Å². The highest BCUT2D eigenvalue weighted by Gasteiger charge is 2.15. The molecule has 0 unspecified atom stereocenters. The zero-order chi connectivity index (χ0) is 23.7. The van der Waals surface area contributed by atoms with E-state index < -0.39 is 10.0 Å². The normalized spacial score (nSPS) is 11.8. The highest BCUT2D eigenvalue weighted by Crippen LogP contribution is 2.45. The monoisotopic (exact) mass is 464 g/mol. The van der Waals surface area contributed by atoms with Crippen molar-refractivity contribution < 1.29 is 9.66 Å². The third-order valence-corrected chi connectivity index (χ3v) is 9.42. The Morgan fingerprint density at radius 3 is 2.06 bits per heavy atom. The molecule has 2 N–H and O–H groups in total. The van der Waals surface area contributed by atoms with E-state index in [0.717, 1.165) is 35.7 Å². The lowest BCUT2D eigenvalue weighted by Gasteiger charge is -2.36. The van der Waals surface area contributed by atoms with Crippen LogP contribution in [0, 0.1) is 0 Å². The molecule has 2 aromatic carbocycles. The Balaban J connectivity index is 0.000000531. The summed E-state index contributed by atoms with van der Waals surface area (Å²) in [7, 11) is -0.463. The topological polar surface area (TPSA) is 40.5 Å². The van der Waals surface area contributed by atoms with E-state index in [-0.39, 0.29) is 0 Å². The molecule has 0 saturated carbocycles. The summed E-state index contributed by atoms with van der Waals surface area (Å²) in [6.07, 6.45) is 13.1. The second-order valence-electron chi connectivity index (χ2n) is 8.41. The van der Waals surface area contributed by atoms with Crippen LogP contribution in [0.25, 0.3) is 0 Å². The molecule has 2 rings (SSSR count). The van der Waals surface area contributed by atoms with Gasteiger partial charge in [-0.15, -0.1) is 0 Å². The molecule has 0 atom stereocenters. The number of aryl methyl sites for hydroxylation is 2. The summed E-state index contributed by atoms with van der Waals surface area (Å²) < 4.78 is 7.49. The summed E-state index contributed by atoms with van der Waals surface area (Å²) in [5.74, 6) is 1.73. The molecule has 0 saturated heterocycles. The first-order chi connectivity index (χ1) is 14.7. The lowest BCUT2D eigenvalue weighted by atomic mass is 10.1. The molecule has 0 aliphatic carbocycles. The number of para-hydroxylation sites is 1. The van der Waals surface area contributed by atoms with Crippen molar-refractivity contribution in [1.29, 1.82) is 0 Å². The number of hydrogen-bond acceptors (Lipinski definition) is 3. The van der Waals surface area contributed by atoms with Crippen molar-refractivity contribution in [3.63, 3.8) is 0 Å². The average Bonchev–Trinajstić information content (AvgIpc) is 2.75. The van der Waals surface area contributed by atoms with E-state index in [4.69, 9.17) is 4.55 Å². The lowest BCUT2D eigenvalue weighted by Crippen LogP contribution is -2.13. The standard InChI is InChI=1S/C14H24OS.C12H16.CH4OS/c1-12(2)16(3,4)11-7-9-13-8-5-6-10-14(13)15;1-3-11(2)9-10-12-7-5-4-6-8-12;1-3-2/h5-6,8,10,12,15H,7,9,11H2,1-4H3;3-8H,9-10H2,1-2H3;2H,1H3. The molecule has 0 amide bonds. The summed E-state index contributed by atoms with van der Waals surface area (Å²) >= 11 is 0.750. The SMILES string of the molecule is CC(C)S(C)(C)CCCc1ccccc1O.CC=C(C)CCc1ccccc1.CSO. The largest absolute Gasteiger partial charge is 0.508 e. The van der Waals surface area contributed by atoms with Crippen LogP contribution in [-0.4, -0.2) is 39.4 Å². The molecule has 31 heavy (non-hydrogen) atoms. The number of rotatable bonds is 8. The van der Waals surface area contributed by atoms with Crippen molar-refractivity contribution >= 4 is 22.1 Å². The Bertz CT molecular complexity index is 725. The van der Waals surface area contributed by atoms with Crippen LogP contribution in [0.5, 0.6) is 5.75 Å². The molecule has 176 valence electrons. The fourth-order valence-corrected chi connectivity index (χ4v) is 4.08. The van der Waals surface area contributed by atoms with Gasteiger partial charge in [0, 0.05) is 6.26 Å².